The van der Waals surface area contributed by atoms with Crippen molar-refractivity contribution in [1.82, 2.24) is 5.32 Å². The zero-order chi connectivity index (χ0) is 14.8. The summed E-state index contributed by atoms with van der Waals surface area (Å²) in [5, 5.41) is 5.00. The Kier molecular flexibility index (Phi) is 3.80. The monoisotopic (exact) mass is 284 g/mol. The van der Waals surface area contributed by atoms with E-state index in [1.807, 2.05) is 43.3 Å². The first-order valence-electron chi connectivity index (χ1n) is 7.34. The summed E-state index contributed by atoms with van der Waals surface area (Å²) >= 11 is 0. The van der Waals surface area contributed by atoms with E-state index >= 15 is 0 Å². The van der Waals surface area contributed by atoms with E-state index in [0.717, 1.165) is 29.2 Å². The summed E-state index contributed by atoms with van der Waals surface area (Å²) in [6.07, 6.45) is 2.15. The molecular formula is C17H20N2O2. The van der Waals surface area contributed by atoms with E-state index in [2.05, 4.69) is 5.32 Å². The Bertz CT molecular complexity index is 663. The zero-order valence-corrected chi connectivity index (χ0v) is 12.1. The van der Waals surface area contributed by atoms with Gasteiger partial charge in [0.05, 0.1) is 0 Å². The standard InChI is InChI=1S/C17H20N2O2/c1-11(18)14-9-6-12-4-2-3-5-15(12)17(14)21-10-16(20)19-13-7-8-13/h2-6,9,11,13H,7-8,10,18H2,1H3,(H,19,20)/t11-/m1/s1. The van der Waals surface area contributed by atoms with Crippen molar-refractivity contribution in [2.75, 3.05) is 6.61 Å². The molecule has 0 bridgehead atoms. The quantitative estimate of drug-likeness (QED) is 0.886. The molecule has 1 aliphatic rings. The average molecular weight is 284 g/mol. The van der Waals surface area contributed by atoms with E-state index in [-0.39, 0.29) is 18.6 Å². The predicted octanol–water partition coefficient (Wildman–Crippen LogP) is 2.52. The number of rotatable bonds is 5. The molecule has 4 heteroatoms. The normalized spacial score (nSPS) is 15.7. The summed E-state index contributed by atoms with van der Waals surface area (Å²) in [5.41, 5.74) is 6.95. The fourth-order valence-corrected chi connectivity index (χ4v) is 2.41. The third-order valence-corrected chi connectivity index (χ3v) is 3.69. The van der Waals surface area contributed by atoms with Gasteiger partial charge in [-0.1, -0.05) is 36.4 Å². The van der Waals surface area contributed by atoms with Gasteiger partial charge in [-0.2, -0.15) is 0 Å². The summed E-state index contributed by atoms with van der Waals surface area (Å²) in [4.78, 5) is 11.8. The summed E-state index contributed by atoms with van der Waals surface area (Å²) in [6, 6.07) is 12.2. The smallest absolute Gasteiger partial charge is 0.258 e. The van der Waals surface area contributed by atoms with Gasteiger partial charge in [0.15, 0.2) is 6.61 Å². The van der Waals surface area contributed by atoms with Crippen molar-refractivity contribution < 1.29 is 9.53 Å². The van der Waals surface area contributed by atoms with Crippen LogP contribution in [0, 0.1) is 0 Å². The molecule has 0 radical (unpaired) electrons. The molecule has 1 fully saturated rings. The number of ether oxygens (including phenoxy) is 1. The zero-order valence-electron chi connectivity index (χ0n) is 12.1. The molecule has 0 spiro atoms. The molecule has 1 atom stereocenters. The summed E-state index contributed by atoms with van der Waals surface area (Å²) < 4.78 is 5.81. The Labute approximate surface area is 124 Å². The van der Waals surface area contributed by atoms with Gasteiger partial charge in [-0.15, -0.1) is 0 Å². The van der Waals surface area contributed by atoms with Crippen LogP contribution in [0.15, 0.2) is 36.4 Å². The maximum atomic E-state index is 11.8. The van der Waals surface area contributed by atoms with Gasteiger partial charge in [0.2, 0.25) is 0 Å². The van der Waals surface area contributed by atoms with Gasteiger partial charge >= 0.3 is 0 Å². The highest BCUT2D eigenvalue weighted by molar-refractivity contribution is 5.90. The molecule has 3 N–H and O–H groups in total. The van der Waals surface area contributed by atoms with Crippen molar-refractivity contribution in [2.45, 2.75) is 31.8 Å². The highest BCUT2D eigenvalue weighted by Crippen LogP contribution is 2.32. The first-order valence-corrected chi connectivity index (χ1v) is 7.34. The third kappa shape index (κ3) is 3.16. The Hall–Kier alpha value is -2.07. The summed E-state index contributed by atoms with van der Waals surface area (Å²) in [7, 11) is 0. The van der Waals surface area contributed by atoms with Crippen molar-refractivity contribution in [3.63, 3.8) is 0 Å². The van der Waals surface area contributed by atoms with E-state index in [4.69, 9.17) is 10.5 Å². The van der Waals surface area contributed by atoms with E-state index < -0.39 is 0 Å². The molecular weight excluding hydrogens is 264 g/mol. The third-order valence-electron chi connectivity index (χ3n) is 3.69. The largest absolute Gasteiger partial charge is 0.483 e. The molecule has 0 aliphatic heterocycles. The van der Waals surface area contributed by atoms with Crippen LogP contribution in [0.25, 0.3) is 10.8 Å². The molecule has 0 aromatic heterocycles. The first-order chi connectivity index (χ1) is 10.1. The Morgan fingerprint density at radius 2 is 2.10 bits per heavy atom. The molecule has 2 aromatic carbocycles. The van der Waals surface area contributed by atoms with Crippen LogP contribution in [-0.2, 0) is 4.79 Å². The van der Waals surface area contributed by atoms with Crippen LogP contribution in [0.2, 0.25) is 0 Å². The highest BCUT2D eigenvalue weighted by Gasteiger charge is 2.23. The summed E-state index contributed by atoms with van der Waals surface area (Å²) in [5.74, 6) is 0.648. The average Bonchev–Trinajstić information content (AvgIpc) is 3.28. The number of benzene rings is 2. The van der Waals surface area contributed by atoms with E-state index in [9.17, 15) is 4.79 Å². The lowest BCUT2D eigenvalue weighted by molar-refractivity contribution is -0.123. The van der Waals surface area contributed by atoms with Gasteiger partial charge in [-0.3, -0.25) is 4.79 Å². The van der Waals surface area contributed by atoms with Gasteiger partial charge in [0.1, 0.15) is 5.75 Å². The van der Waals surface area contributed by atoms with Gasteiger partial charge in [-0.25, -0.2) is 0 Å². The maximum absolute atomic E-state index is 11.8. The summed E-state index contributed by atoms with van der Waals surface area (Å²) in [6.45, 7) is 1.95. The minimum atomic E-state index is -0.143. The van der Waals surface area contributed by atoms with Crippen LogP contribution in [0.4, 0.5) is 0 Å². The number of nitrogens with two attached hydrogens (primary N) is 1. The van der Waals surface area contributed by atoms with E-state index in [0.29, 0.717) is 11.8 Å². The van der Waals surface area contributed by atoms with Crippen LogP contribution in [0.3, 0.4) is 0 Å². The number of carbonyl (C=O) groups excluding carboxylic acids is 1. The molecule has 2 aromatic rings. The number of nitrogens with one attached hydrogen (secondary N) is 1. The second-order valence-corrected chi connectivity index (χ2v) is 5.62. The first kappa shape index (κ1) is 13.9. The van der Waals surface area contributed by atoms with Gasteiger partial charge in [0, 0.05) is 23.0 Å². The topological polar surface area (TPSA) is 64.3 Å². The molecule has 21 heavy (non-hydrogen) atoms. The maximum Gasteiger partial charge on any atom is 0.258 e. The van der Waals surface area contributed by atoms with Crippen molar-refractivity contribution >= 4 is 16.7 Å². The molecule has 3 rings (SSSR count). The SMILES string of the molecule is C[C@@H](N)c1ccc2ccccc2c1OCC(=O)NC1CC1. The van der Waals surface area contributed by atoms with Crippen LogP contribution < -0.4 is 15.8 Å². The Morgan fingerprint density at radius 3 is 2.81 bits per heavy atom. The fourth-order valence-electron chi connectivity index (χ4n) is 2.41. The second-order valence-electron chi connectivity index (χ2n) is 5.62. The lowest BCUT2D eigenvalue weighted by atomic mass is 10.0. The minimum Gasteiger partial charge on any atom is -0.483 e. The number of carbonyl (C=O) groups is 1. The lowest BCUT2D eigenvalue weighted by Crippen LogP contribution is -2.30. The van der Waals surface area contributed by atoms with Crippen LogP contribution in [-0.4, -0.2) is 18.6 Å². The van der Waals surface area contributed by atoms with Crippen LogP contribution in [0.5, 0.6) is 5.75 Å². The van der Waals surface area contributed by atoms with Gasteiger partial charge < -0.3 is 15.8 Å². The van der Waals surface area contributed by atoms with Crippen molar-refractivity contribution in [2.24, 2.45) is 5.73 Å². The van der Waals surface area contributed by atoms with Gasteiger partial charge in [0.25, 0.3) is 5.91 Å². The highest BCUT2D eigenvalue weighted by atomic mass is 16.5. The lowest BCUT2D eigenvalue weighted by Gasteiger charge is -2.16. The number of amides is 1. The fraction of sp³-hybridized carbons (Fsp3) is 0.353. The van der Waals surface area contributed by atoms with Gasteiger partial charge in [-0.05, 0) is 25.2 Å². The molecule has 1 aliphatic carbocycles. The number of hydrogen-bond donors (Lipinski definition) is 2. The second kappa shape index (κ2) is 5.74. The molecule has 4 nitrogen and oxygen atoms in total. The molecule has 0 unspecified atom stereocenters. The van der Waals surface area contributed by atoms with Crippen molar-refractivity contribution in [3.05, 3.63) is 42.0 Å². The molecule has 110 valence electrons. The van der Waals surface area contributed by atoms with Crippen molar-refractivity contribution in [3.8, 4) is 5.75 Å². The Balaban J connectivity index is 1.86. The molecule has 1 saturated carbocycles. The van der Waals surface area contributed by atoms with Crippen LogP contribution >= 0.6 is 0 Å². The van der Waals surface area contributed by atoms with E-state index in [1.54, 1.807) is 0 Å². The van der Waals surface area contributed by atoms with Crippen molar-refractivity contribution in [1.29, 1.82) is 0 Å². The van der Waals surface area contributed by atoms with Crippen LogP contribution in [0.1, 0.15) is 31.4 Å². The number of hydrogen-bond acceptors (Lipinski definition) is 3. The minimum absolute atomic E-state index is 0.0320. The molecule has 0 heterocycles. The van der Waals surface area contributed by atoms with E-state index in [1.165, 1.54) is 0 Å². The predicted molar refractivity (Wildman–Crippen MR) is 83.2 cm³/mol. The molecule has 1 amide bonds. The Morgan fingerprint density at radius 1 is 1.33 bits per heavy atom. The molecule has 0 saturated heterocycles. The number of fused-ring (bicyclic) bond motifs is 1.